The monoisotopic (exact) mass is 416 g/mol. The van der Waals surface area contributed by atoms with Gasteiger partial charge in [0.15, 0.2) is 0 Å². The minimum Gasteiger partial charge on any atom is -0.490 e. The van der Waals surface area contributed by atoms with E-state index in [0.29, 0.717) is 29.6 Å². The van der Waals surface area contributed by atoms with Crippen molar-refractivity contribution in [3.8, 4) is 11.6 Å². The number of carbonyl (C=O) groups excluding carboxylic acids is 1. The zero-order valence-corrected chi connectivity index (χ0v) is 17.0. The van der Waals surface area contributed by atoms with Crippen LogP contribution in [0.4, 0.5) is 0 Å². The van der Waals surface area contributed by atoms with Crippen molar-refractivity contribution in [2.24, 2.45) is 0 Å². The van der Waals surface area contributed by atoms with Crippen LogP contribution in [0.25, 0.3) is 0 Å². The third-order valence-electron chi connectivity index (χ3n) is 5.28. The van der Waals surface area contributed by atoms with Crippen LogP contribution in [0.1, 0.15) is 36.0 Å². The zero-order valence-electron chi connectivity index (χ0n) is 16.3. The fourth-order valence-corrected chi connectivity index (χ4v) is 3.73. The molecule has 0 saturated carbocycles. The van der Waals surface area contributed by atoms with E-state index in [0.717, 1.165) is 44.6 Å². The third kappa shape index (κ3) is 5.40. The standard InChI is InChI=1S/C22H25ClN2O4/c23-17-2-4-18(5-3-17)28-19-7-11-25(12-8-19)22(26)16-1-6-21(24-15-16)29-20-9-13-27-14-10-20/h1-6,15,19-20H,7-14H2. The Kier molecular flexibility index (Phi) is 6.52. The number of aromatic nitrogens is 1. The van der Waals surface area contributed by atoms with Crippen LogP contribution >= 0.6 is 11.6 Å². The molecule has 4 rings (SSSR count). The van der Waals surface area contributed by atoms with E-state index < -0.39 is 0 Å². The molecule has 1 amide bonds. The van der Waals surface area contributed by atoms with E-state index in [1.54, 1.807) is 18.3 Å². The smallest absolute Gasteiger partial charge is 0.255 e. The molecule has 0 unspecified atom stereocenters. The summed E-state index contributed by atoms with van der Waals surface area (Å²) in [5, 5.41) is 0.690. The Morgan fingerprint density at radius 1 is 0.966 bits per heavy atom. The van der Waals surface area contributed by atoms with Gasteiger partial charge in [-0.15, -0.1) is 0 Å². The first-order valence-corrected chi connectivity index (χ1v) is 10.5. The van der Waals surface area contributed by atoms with Gasteiger partial charge >= 0.3 is 0 Å². The number of carbonyl (C=O) groups is 1. The molecule has 0 radical (unpaired) electrons. The van der Waals surface area contributed by atoms with E-state index in [4.69, 9.17) is 25.8 Å². The topological polar surface area (TPSA) is 60.9 Å². The Hall–Kier alpha value is -2.31. The third-order valence-corrected chi connectivity index (χ3v) is 5.54. The highest BCUT2D eigenvalue weighted by molar-refractivity contribution is 6.30. The van der Waals surface area contributed by atoms with E-state index in [2.05, 4.69) is 4.98 Å². The molecule has 154 valence electrons. The molecule has 0 bridgehead atoms. The van der Waals surface area contributed by atoms with Crippen LogP contribution in [0.2, 0.25) is 5.02 Å². The number of amides is 1. The highest BCUT2D eigenvalue weighted by atomic mass is 35.5. The summed E-state index contributed by atoms with van der Waals surface area (Å²) >= 11 is 5.91. The van der Waals surface area contributed by atoms with Crippen LogP contribution in [0, 0.1) is 0 Å². The second-order valence-corrected chi connectivity index (χ2v) is 7.81. The van der Waals surface area contributed by atoms with Crippen LogP contribution in [0.5, 0.6) is 11.6 Å². The summed E-state index contributed by atoms with van der Waals surface area (Å²) in [6, 6.07) is 10.9. The van der Waals surface area contributed by atoms with E-state index in [1.807, 2.05) is 29.2 Å². The summed E-state index contributed by atoms with van der Waals surface area (Å²) in [6.45, 7) is 2.77. The fraction of sp³-hybridized carbons (Fsp3) is 0.455. The molecule has 2 aliphatic rings. The highest BCUT2D eigenvalue weighted by Crippen LogP contribution is 2.22. The van der Waals surface area contributed by atoms with Crippen molar-refractivity contribution in [2.45, 2.75) is 37.9 Å². The van der Waals surface area contributed by atoms with E-state index >= 15 is 0 Å². The van der Waals surface area contributed by atoms with Gasteiger partial charge in [0.05, 0.1) is 18.8 Å². The van der Waals surface area contributed by atoms with Crippen molar-refractivity contribution < 1.29 is 19.0 Å². The number of pyridine rings is 1. The van der Waals surface area contributed by atoms with E-state index in [-0.39, 0.29) is 18.1 Å². The number of hydrogen-bond donors (Lipinski definition) is 0. The maximum absolute atomic E-state index is 12.8. The largest absolute Gasteiger partial charge is 0.490 e. The number of benzene rings is 1. The van der Waals surface area contributed by atoms with Crippen LogP contribution in [0.15, 0.2) is 42.6 Å². The SMILES string of the molecule is O=C(c1ccc(OC2CCOCC2)nc1)N1CCC(Oc2ccc(Cl)cc2)CC1. The molecule has 7 heteroatoms. The molecule has 29 heavy (non-hydrogen) atoms. The van der Waals surface area contributed by atoms with Gasteiger partial charge < -0.3 is 19.1 Å². The normalized spacial score (nSPS) is 18.4. The Morgan fingerprint density at radius 3 is 2.31 bits per heavy atom. The molecule has 2 saturated heterocycles. The van der Waals surface area contributed by atoms with Gasteiger partial charge in [0, 0.05) is 56.1 Å². The summed E-state index contributed by atoms with van der Waals surface area (Å²) < 4.78 is 17.2. The summed E-state index contributed by atoms with van der Waals surface area (Å²) in [4.78, 5) is 19.0. The number of likely N-dealkylation sites (tertiary alicyclic amines) is 1. The molecule has 0 aliphatic carbocycles. The Bertz CT molecular complexity index is 799. The molecular formula is C22H25ClN2O4. The lowest BCUT2D eigenvalue weighted by atomic mass is 10.1. The number of nitrogens with zero attached hydrogens (tertiary/aromatic N) is 2. The zero-order chi connectivity index (χ0) is 20.1. The van der Waals surface area contributed by atoms with Gasteiger partial charge in [-0.2, -0.15) is 0 Å². The molecule has 1 aromatic heterocycles. The van der Waals surface area contributed by atoms with Gasteiger partial charge in [-0.05, 0) is 30.3 Å². The minimum absolute atomic E-state index is 0.0000549. The lowest BCUT2D eigenvalue weighted by molar-refractivity contribution is 0.0237. The van der Waals surface area contributed by atoms with E-state index in [9.17, 15) is 4.79 Å². The van der Waals surface area contributed by atoms with Crippen molar-refractivity contribution >= 4 is 17.5 Å². The summed E-state index contributed by atoms with van der Waals surface area (Å²) in [6.07, 6.45) is 5.18. The van der Waals surface area contributed by atoms with E-state index in [1.165, 1.54) is 0 Å². The van der Waals surface area contributed by atoms with Gasteiger partial charge in [0.25, 0.3) is 5.91 Å². The summed E-state index contributed by atoms with van der Waals surface area (Å²) in [5.74, 6) is 1.37. The summed E-state index contributed by atoms with van der Waals surface area (Å²) in [5.41, 5.74) is 0.585. The first-order chi connectivity index (χ1) is 14.2. The Labute approximate surface area is 175 Å². The molecule has 0 atom stereocenters. The maximum atomic E-state index is 12.8. The number of ether oxygens (including phenoxy) is 3. The van der Waals surface area contributed by atoms with Gasteiger partial charge in [-0.1, -0.05) is 11.6 Å². The molecule has 1 aromatic carbocycles. The lowest BCUT2D eigenvalue weighted by Crippen LogP contribution is -2.41. The number of hydrogen-bond acceptors (Lipinski definition) is 5. The van der Waals surface area contributed by atoms with Crippen LogP contribution in [-0.2, 0) is 4.74 Å². The molecule has 3 heterocycles. The Balaban J connectivity index is 1.27. The molecule has 6 nitrogen and oxygen atoms in total. The summed E-state index contributed by atoms with van der Waals surface area (Å²) in [7, 11) is 0. The lowest BCUT2D eigenvalue weighted by Gasteiger charge is -2.32. The van der Waals surface area contributed by atoms with Crippen molar-refractivity contribution in [1.29, 1.82) is 0 Å². The molecule has 0 N–H and O–H groups in total. The second-order valence-electron chi connectivity index (χ2n) is 7.38. The molecule has 2 aromatic rings. The average molecular weight is 417 g/mol. The Morgan fingerprint density at radius 2 is 1.66 bits per heavy atom. The number of halogens is 1. The fourth-order valence-electron chi connectivity index (χ4n) is 3.61. The van der Waals surface area contributed by atoms with Gasteiger partial charge in [-0.25, -0.2) is 4.98 Å². The minimum atomic E-state index is 0.0000549. The first-order valence-electron chi connectivity index (χ1n) is 10.1. The van der Waals surface area contributed by atoms with Crippen molar-refractivity contribution in [3.63, 3.8) is 0 Å². The first kappa shape index (κ1) is 20.0. The average Bonchev–Trinajstić information content (AvgIpc) is 2.77. The molecular weight excluding hydrogens is 392 g/mol. The van der Waals surface area contributed by atoms with Gasteiger partial charge in [0.1, 0.15) is 18.0 Å². The molecule has 2 aliphatic heterocycles. The second kappa shape index (κ2) is 9.46. The van der Waals surface area contributed by atoms with Crippen molar-refractivity contribution in [2.75, 3.05) is 26.3 Å². The van der Waals surface area contributed by atoms with Crippen molar-refractivity contribution in [1.82, 2.24) is 9.88 Å². The predicted molar refractivity (Wildman–Crippen MR) is 110 cm³/mol. The molecule has 0 spiro atoms. The van der Waals surface area contributed by atoms with Gasteiger partial charge in [0.2, 0.25) is 5.88 Å². The van der Waals surface area contributed by atoms with Crippen molar-refractivity contribution in [3.05, 3.63) is 53.2 Å². The van der Waals surface area contributed by atoms with Crippen LogP contribution in [-0.4, -0.2) is 54.3 Å². The highest BCUT2D eigenvalue weighted by Gasteiger charge is 2.25. The maximum Gasteiger partial charge on any atom is 0.255 e. The quantitative estimate of drug-likeness (QED) is 0.737. The van der Waals surface area contributed by atoms with Crippen LogP contribution < -0.4 is 9.47 Å². The predicted octanol–water partition coefficient (Wildman–Crippen LogP) is 3.98. The van der Waals surface area contributed by atoms with Crippen LogP contribution in [0.3, 0.4) is 0 Å². The number of rotatable bonds is 5. The molecule has 2 fully saturated rings. The number of piperidine rings is 1. The van der Waals surface area contributed by atoms with Gasteiger partial charge in [-0.3, -0.25) is 4.79 Å².